The number of aryl methyl sites for hydroxylation is 3. The van der Waals surface area contributed by atoms with Crippen molar-refractivity contribution < 1.29 is 0 Å². The van der Waals surface area contributed by atoms with Gasteiger partial charge >= 0.3 is 0 Å². The van der Waals surface area contributed by atoms with Crippen molar-refractivity contribution in [2.45, 2.75) is 145 Å². The molecule has 0 saturated carbocycles. The maximum Gasteiger partial charge on any atom is 0.252 e. The third kappa shape index (κ3) is 10.5. The zero-order chi connectivity index (χ0) is 63.0. The normalized spacial score (nSPS) is 13.4. The summed E-state index contributed by atoms with van der Waals surface area (Å²) < 4.78 is 2.42. The molecule has 10 aromatic carbocycles. The number of para-hydroxylation sites is 1. The first kappa shape index (κ1) is 59.2. The van der Waals surface area contributed by atoms with Crippen molar-refractivity contribution in [2.24, 2.45) is 7.05 Å². The average molecular weight is 1170 g/mol. The smallest absolute Gasteiger partial charge is 0.252 e. The van der Waals surface area contributed by atoms with Gasteiger partial charge in [0, 0.05) is 80.2 Å². The second-order valence-electron chi connectivity index (χ2n) is 30.7. The molecule has 89 heavy (non-hydrogen) atoms. The lowest BCUT2D eigenvalue weighted by Crippen LogP contribution is -2.61. The molecular formula is C83H88BN5. The molecule has 11 aromatic rings. The van der Waals surface area contributed by atoms with Crippen LogP contribution in [-0.2, 0) is 34.1 Å². The van der Waals surface area contributed by atoms with Crippen LogP contribution < -0.4 is 36.0 Å². The quantitative estimate of drug-likeness (QED) is 0.141. The van der Waals surface area contributed by atoms with E-state index in [1.165, 1.54) is 99.9 Å². The molecule has 0 N–H and O–H groups in total. The molecule has 0 unspecified atom stereocenters. The Bertz CT molecular complexity index is 4410. The van der Waals surface area contributed by atoms with Gasteiger partial charge in [-0.2, -0.15) is 0 Å². The predicted octanol–water partition coefficient (Wildman–Crippen LogP) is 21.5. The maximum absolute atomic E-state index is 2.69. The first-order valence-electron chi connectivity index (χ1n) is 32.2. The van der Waals surface area contributed by atoms with Crippen LogP contribution in [0.4, 0.5) is 68.2 Å². The number of aromatic nitrogens is 1. The first-order valence-corrected chi connectivity index (χ1v) is 32.2. The summed E-state index contributed by atoms with van der Waals surface area (Å²) in [5, 5.41) is 2.45. The van der Waals surface area contributed by atoms with Crippen LogP contribution in [0, 0.1) is 13.8 Å². The van der Waals surface area contributed by atoms with E-state index in [0.717, 1.165) is 45.5 Å². The van der Waals surface area contributed by atoms with Crippen LogP contribution in [-0.4, -0.2) is 11.3 Å². The molecule has 0 amide bonds. The molecule has 2 aliphatic rings. The SMILES string of the molecule is Cc1ccc(N(c2ccc(C)cc2)c2ccc3c(c2)N(c2ccc(C(C)(C)C)cc2)c2cc(C(C)(C)C)cc4c2B3c2cc(C(C)(C)C)ccc2N4c2cc(N(c3ccc(C(C)(C)C)cc3)c3ccc(C(C)(C)C)cc3)cc3c2c2ccccc2n3C)cc1. The van der Waals surface area contributed by atoms with Gasteiger partial charge in [-0.3, -0.25) is 0 Å². The highest BCUT2D eigenvalue weighted by Crippen LogP contribution is 2.52. The zero-order valence-corrected chi connectivity index (χ0v) is 55.9. The van der Waals surface area contributed by atoms with Gasteiger partial charge in [-0.15, -0.1) is 0 Å². The molecule has 0 aliphatic carbocycles. The Hall–Kier alpha value is -8.74. The molecule has 0 atom stereocenters. The van der Waals surface area contributed by atoms with Gasteiger partial charge in [0.2, 0.25) is 0 Å². The summed E-state index contributed by atoms with van der Waals surface area (Å²) in [5.41, 5.74) is 28.5. The van der Waals surface area contributed by atoms with E-state index in [1.807, 2.05) is 0 Å². The summed E-state index contributed by atoms with van der Waals surface area (Å²) in [6, 6.07) is 79.9. The van der Waals surface area contributed by atoms with Gasteiger partial charge in [0.05, 0.1) is 16.9 Å². The second-order valence-corrected chi connectivity index (χ2v) is 30.7. The Balaban J connectivity index is 1.14. The van der Waals surface area contributed by atoms with Gasteiger partial charge in [0.1, 0.15) is 0 Å². The molecule has 6 heteroatoms. The van der Waals surface area contributed by atoms with E-state index in [2.05, 4.69) is 355 Å². The van der Waals surface area contributed by atoms with E-state index in [9.17, 15) is 0 Å². The van der Waals surface area contributed by atoms with Crippen molar-refractivity contribution in [1.82, 2.24) is 4.57 Å². The summed E-state index contributed by atoms with van der Waals surface area (Å²) in [5.74, 6) is 0. The van der Waals surface area contributed by atoms with Crippen LogP contribution >= 0.6 is 0 Å². The van der Waals surface area contributed by atoms with Gasteiger partial charge in [-0.25, -0.2) is 0 Å². The van der Waals surface area contributed by atoms with Crippen LogP contribution in [0.2, 0.25) is 0 Å². The first-order chi connectivity index (χ1) is 42.0. The van der Waals surface area contributed by atoms with Crippen LogP contribution in [0.25, 0.3) is 21.8 Å². The minimum Gasteiger partial charge on any atom is -0.343 e. The van der Waals surface area contributed by atoms with Gasteiger partial charge < -0.3 is 24.2 Å². The van der Waals surface area contributed by atoms with Crippen molar-refractivity contribution >= 4 is 113 Å². The lowest BCUT2D eigenvalue weighted by atomic mass is 9.33. The molecule has 1 aromatic heterocycles. The van der Waals surface area contributed by atoms with E-state index < -0.39 is 0 Å². The van der Waals surface area contributed by atoms with Crippen molar-refractivity contribution in [1.29, 1.82) is 0 Å². The van der Waals surface area contributed by atoms with Crippen LogP contribution in [0.15, 0.2) is 206 Å². The molecule has 0 fully saturated rings. The molecule has 0 radical (unpaired) electrons. The molecule has 2 aliphatic heterocycles. The number of benzene rings is 10. The highest BCUT2D eigenvalue weighted by atomic mass is 15.2. The van der Waals surface area contributed by atoms with Gasteiger partial charge in [0.15, 0.2) is 0 Å². The fourth-order valence-electron chi connectivity index (χ4n) is 13.7. The minimum absolute atomic E-state index is 0.00247. The molecule has 5 nitrogen and oxygen atoms in total. The number of fused-ring (bicyclic) bond motifs is 7. The summed E-state index contributed by atoms with van der Waals surface area (Å²) in [6.07, 6.45) is 0. The summed E-state index contributed by atoms with van der Waals surface area (Å²) in [4.78, 5) is 10.2. The number of nitrogens with zero attached hydrogens (tertiary/aromatic N) is 5. The third-order valence-corrected chi connectivity index (χ3v) is 19.1. The standard InChI is InChI=1S/C83H88BN5/c1-53-23-34-60(35-24-53)86(61-36-25-54(2)26-37-61)65-44-45-68-72(50-65)88(64-42-31-57(32-43-64)81(9,10)11)75-48-59(83(15,16)17)49-76-78(75)84(68)69-47-58(82(12,13)14)33-46-71(69)89(76)74-52-66(51-73-77(74)67-21-19-20-22-70(67)85(73)18)87(62-38-27-55(28-39-62)79(3,4)5)63-40-29-56(30-41-63)80(6,7)8/h19-52H,1-18H3. The zero-order valence-electron chi connectivity index (χ0n) is 55.9. The van der Waals surface area contributed by atoms with E-state index in [-0.39, 0.29) is 33.8 Å². The maximum atomic E-state index is 2.69. The minimum atomic E-state index is -0.230. The largest absolute Gasteiger partial charge is 0.343 e. The molecule has 0 spiro atoms. The lowest BCUT2D eigenvalue weighted by molar-refractivity contribution is 0.590. The Kier molecular flexibility index (Phi) is 14.1. The van der Waals surface area contributed by atoms with E-state index in [0.29, 0.717) is 0 Å². The molecule has 13 rings (SSSR count). The van der Waals surface area contributed by atoms with Gasteiger partial charge in [0.25, 0.3) is 6.71 Å². The van der Waals surface area contributed by atoms with Crippen molar-refractivity contribution in [3.8, 4) is 0 Å². The summed E-state index contributed by atoms with van der Waals surface area (Å²) in [7, 11) is 2.25. The van der Waals surface area contributed by atoms with Gasteiger partial charge in [-0.05, 0) is 194 Å². The summed E-state index contributed by atoms with van der Waals surface area (Å²) >= 11 is 0. The van der Waals surface area contributed by atoms with Crippen LogP contribution in [0.1, 0.15) is 143 Å². The van der Waals surface area contributed by atoms with E-state index >= 15 is 0 Å². The molecular weight excluding hydrogens is 1080 g/mol. The lowest BCUT2D eigenvalue weighted by Gasteiger charge is -2.46. The summed E-state index contributed by atoms with van der Waals surface area (Å²) in [6.45, 7) is 39.2. The Morgan fingerprint density at radius 3 is 1.25 bits per heavy atom. The molecule has 0 saturated heterocycles. The highest BCUT2D eigenvalue weighted by molar-refractivity contribution is 7.00. The van der Waals surface area contributed by atoms with Crippen molar-refractivity contribution in [2.75, 3.05) is 19.6 Å². The van der Waals surface area contributed by atoms with Crippen molar-refractivity contribution in [3.63, 3.8) is 0 Å². The predicted molar refractivity (Wildman–Crippen MR) is 387 cm³/mol. The van der Waals surface area contributed by atoms with Gasteiger partial charge in [-0.1, -0.05) is 212 Å². The Morgan fingerprint density at radius 1 is 0.315 bits per heavy atom. The number of hydrogen-bond acceptors (Lipinski definition) is 4. The number of rotatable bonds is 8. The highest BCUT2D eigenvalue weighted by Gasteiger charge is 2.46. The Labute approximate surface area is 531 Å². The third-order valence-electron chi connectivity index (χ3n) is 19.1. The molecule has 448 valence electrons. The average Bonchev–Trinajstić information content (AvgIpc) is 1.22. The van der Waals surface area contributed by atoms with Crippen molar-refractivity contribution in [3.05, 3.63) is 245 Å². The Morgan fingerprint density at radius 2 is 0.742 bits per heavy atom. The number of hydrogen-bond donors (Lipinski definition) is 0. The molecule has 0 bridgehead atoms. The van der Waals surface area contributed by atoms with E-state index in [4.69, 9.17) is 0 Å². The molecule has 3 heterocycles. The van der Waals surface area contributed by atoms with Crippen LogP contribution in [0.3, 0.4) is 0 Å². The number of anilines is 12. The topological polar surface area (TPSA) is 17.9 Å². The fraction of sp³-hybridized carbons (Fsp3) is 0.277. The van der Waals surface area contributed by atoms with Crippen LogP contribution in [0.5, 0.6) is 0 Å². The fourth-order valence-corrected chi connectivity index (χ4v) is 13.7. The monoisotopic (exact) mass is 1170 g/mol. The van der Waals surface area contributed by atoms with E-state index in [1.54, 1.807) is 0 Å². The second kappa shape index (κ2) is 21.2.